The average molecular weight is 296 g/mol. The minimum atomic E-state index is -0.248. The van der Waals surface area contributed by atoms with Gasteiger partial charge in [0.2, 0.25) is 5.91 Å². The van der Waals surface area contributed by atoms with Gasteiger partial charge in [-0.15, -0.1) is 0 Å². The van der Waals surface area contributed by atoms with Gasteiger partial charge in [-0.25, -0.2) is 0 Å². The second kappa shape index (κ2) is 7.78. The molecule has 0 unspecified atom stereocenters. The summed E-state index contributed by atoms with van der Waals surface area (Å²) in [5.74, 6) is 0.634. The first kappa shape index (κ1) is 16.3. The molecule has 0 N–H and O–H groups in total. The van der Waals surface area contributed by atoms with Gasteiger partial charge in [-0.1, -0.05) is 19.8 Å². The lowest BCUT2D eigenvalue weighted by Gasteiger charge is -2.33. The van der Waals surface area contributed by atoms with Gasteiger partial charge in [0.05, 0.1) is 20.2 Å². The Balaban J connectivity index is 1.90. The van der Waals surface area contributed by atoms with Crippen molar-refractivity contribution in [2.45, 2.75) is 51.5 Å². The van der Waals surface area contributed by atoms with Crippen LogP contribution in [0.5, 0.6) is 0 Å². The van der Waals surface area contributed by atoms with E-state index in [9.17, 15) is 9.59 Å². The molecule has 0 atom stereocenters. The first-order valence-electron chi connectivity index (χ1n) is 8.18. The molecular weight excluding hydrogens is 268 g/mol. The molecule has 21 heavy (non-hydrogen) atoms. The van der Waals surface area contributed by atoms with E-state index in [1.165, 1.54) is 20.0 Å². The predicted octanol–water partition coefficient (Wildman–Crippen LogP) is 1.66. The van der Waals surface area contributed by atoms with Crippen molar-refractivity contribution in [2.24, 2.45) is 5.92 Å². The van der Waals surface area contributed by atoms with Crippen LogP contribution >= 0.6 is 0 Å². The number of amides is 1. The minimum Gasteiger partial charge on any atom is -0.468 e. The molecule has 2 fully saturated rings. The van der Waals surface area contributed by atoms with Gasteiger partial charge in [0.1, 0.15) is 0 Å². The zero-order chi connectivity index (χ0) is 15.2. The van der Waals surface area contributed by atoms with Crippen molar-refractivity contribution in [3.05, 3.63) is 0 Å². The fraction of sp³-hybridized carbons (Fsp3) is 0.875. The molecule has 0 radical (unpaired) electrons. The van der Waals surface area contributed by atoms with Crippen LogP contribution in [0.4, 0.5) is 0 Å². The van der Waals surface area contributed by atoms with E-state index in [-0.39, 0.29) is 18.4 Å². The highest BCUT2D eigenvalue weighted by Crippen LogP contribution is 2.24. The Kier molecular flexibility index (Phi) is 6.03. The lowest BCUT2D eigenvalue weighted by Crippen LogP contribution is -2.47. The molecule has 1 aliphatic heterocycles. The molecule has 5 heteroatoms. The second-order valence-electron chi connectivity index (χ2n) is 6.48. The molecule has 1 heterocycles. The van der Waals surface area contributed by atoms with Gasteiger partial charge in [0.25, 0.3) is 0 Å². The standard InChI is InChI=1S/C16H28N2O3/c1-13-7-9-17(10-8-13)15(19)11-18(12-16(20)21-2)14-5-3-4-6-14/h13-14H,3-12H2,1-2H3. The Morgan fingerprint density at radius 1 is 1.10 bits per heavy atom. The van der Waals surface area contributed by atoms with Crippen LogP contribution in [0, 0.1) is 5.92 Å². The van der Waals surface area contributed by atoms with E-state index in [1.54, 1.807) is 0 Å². The number of methoxy groups -OCH3 is 1. The van der Waals surface area contributed by atoms with Crippen LogP contribution in [0.3, 0.4) is 0 Å². The first-order chi connectivity index (χ1) is 10.1. The third-order valence-electron chi connectivity index (χ3n) is 4.88. The normalized spacial score (nSPS) is 21.0. The molecule has 1 saturated carbocycles. The number of carbonyl (C=O) groups is 2. The van der Waals surface area contributed by atoms with Crippen LogP contribution in [0.2, 0.25) is 0 Å². The summed E-state index contributed by atoms with van der Waals surface area (Å²) >= 11 is 0. The van der Waals surface area contributed by atoms with E-state index >= 15 is 0 Å². The smallest absolute Gasteiger partial charge is 0.319 e. The van der Waals surface area contributed by atoms with E-state index in [0.717, 1.165) is 44.7 Å². The number of ether oxygens (including phenoxy) is 1. The highest BCUT2D eigenvalue weighted by atomic mass is 16.5. The number of esters is 1. The van der Waals surface area contributed by atoms with Crippen molar-refractivity contribution in [2.75, 3.05) is 33.3 Å². The first-order valence-corrected chi connectivity index (χ1v) is 8.18. The molecule has 0 aromatic carbocycles. The molecule has 0 bridgehead atoms. The van der Waals surface area contributed by atoms with Crippen molar-refractivity contribution in [3.8, 4) is 0 Å². The number of nitrogens with zero attached hydrogens (tertiary/aromatic N) is 2. The maximum atomic E-state index is 12.5. The fourth-order valence-corrected chi connectivity index (χ4v) is 3.35. The Bertz CT molecular complexity index is 359. The number of carbonyl (C=O) groups excluding carboxylic acids is 2. The van der Waals surface area contributed by atoms with Gasteiger partial charge < -0.3 is 9.64 Å². The number of piperidine rings is 1. The quantitative estimate of drug-likeness (QED) is 0.724. The molecule has 2 aliphatic rings. The van der Waals surface area contributed by atoms with Gasteiger partial charge >= 0.3 is 5.97 Å². The van der Waals surface area contributed by atoms with Crippen molar-refractivity contribution >= 4 is 11.9 Å². The van der Waals surface area contributed by atoms with Crippen molar-refractivity contribution in [1.29, 1.82) is 0 Å². The summed E-state index contributed by atoms with van der Waals surface area (Å²) in [5, 5.41) is 0. The van der Waals surface area contributed by atoms with Gasteiger partial charge in [-0.3, -0.25) is 14.5 Å². The topological polar surface area (TPSA) is 49.9 Å². The minimum absolute atomic E-state index is 0.165. The largest absolute Gasteiger partial charge is 0.468 e. The summed E-state index contributed by atoms with van der Waals surface area (Å²) < 4.78 is 4.78. The summed E-state index contributed by atoms with van der Waals surface area (Å²) in [6.07, 6.45) is 6.73. The number of hydrogen-bond acceptors (Lipinski definition) is 4. The maximum absolute atomic E-state index is 12.5. The number of likely N-dealkylation sites (tertiary alicyclic amines) is 1. The highest BCUT2D eigenvalue weighted by molar-refractivity contribution is 5.79. The Labute approximate surface area is 127 Å². The van der Waals surface area contributed by atoms with Crippen LogP contribution in [0.1, 0.15) is 45.4 Å². The van der Waals surface area contributed by atoms with E-state index < -0.39 is 0 Å². The van der Waals surface area contributed by atoms with Crippen LogP contribution in [-0.2, 0) is 14.3 Å². The summed E-state index contributed by atoms with van der Waals surface area (Å²) in [7, 11) is 1.41. The Hall–Kier alpha value is -1.10. The molecule has 1 aliphatic carbocycles. The Morgan fingerprint density at radius 3 is 2.29 bits per heavy atom. The zero-order valence-corrected chi connectivity index (χ0v) is 13.3. The zero-order valence-electron chi connectivity index (χ0n) is 13.3. The fourth-order valence-electron chi connectivity index (χ4n) is 3.35. The van der Waals surface area contributed by atoms with E-state index in [1.807, 2.05) is 9.80 Å². The average Bonchev–Trinajstić information content (AvgIpc) is 3.01. The summed E-state index contributed by atoms with van der Waals surface area (Å²) in [4.78, 5) is 28.0. The molecular formula is C16H28N2O3. The van der Waals surface area contributed by atoms with Crippen LogP contribution in [0.15, 0.2) is 0 Å². The monoisotopic (exact) mass is 296 g/mol. The lowest BCUT2D eigenvalue weighted by molar-refractivity contribution is -0.144. The van der Waals surface area contributed by atoms with Gasteiger partial charge in [0.15, 0.2) is 0 Å². The van der Waals surface area contributed by atoms with E-state index in [4.69, 9.17) is 4.74 Å². The molecule has 5 nitrogen and oxygen atoms in total. The SMILES string of the molecule is COC(=O)CN(CC(=O)N1CCC(C)CC1)C1CCCC1. The van der Waals surface area contributed by atoms with Crippen molar-refractivity contribution < 1.29 is 14.3 Å². The van der Waals surface area contributed by atoms with Crippen LogP contribution in [0.25, 0.3) is 0 Å². The summed E-state index contributed by atoms with van der Waals surface area (Å²) in [6.45, 7) is 4.54. The molecule has 0 aromatic heterocycles. The lowest BCUT2D eigenvalue weighted by atomic mass is 9.99. The molecule has 120 valence electrons. The van der Waals surface area contributed by atoms with Gasteiger partial charge in [-0.05, 0) is 31.6 Å². The molecule has 1 saturated heterocycles. The third kappa shape index (κ3) is 4.70. The molecule has 0 spiro atoms. The van der Waals surface area contributed by atoms with Gasteiger partial charge in [0, 0.05) is 19.1 Å². The maximum Gasteiger partial charge on any atom is 0.319 e. The summed E-state index contributed by atoms with van der Waals surface area (Å²) in [6, 6.07) is 0.358. The van der Waals surface area contributed by atoms with Crippen LogP contribution in [-0.4, -0.2) is 61.0 Å². The molecule has 0 aromatic rings. The molecule has 1 amide bonds. The van der Waals surface area contributed by atoms with Crippen molar-refractivity contribution in [3.63, 3.8) is 0 Å². The Morgan fingerprint density at radius 2 is 1.71 bits per heavy atom. The third-order valence-corrected chi connectivity index (χ3v) is 4.88. The van der Waals surface area contributed by atoms with Gasteiger partial charge in [-0.2, -0.15) is 0 Å². The second-order valence-corrected chi connectivity index (χ2v) is 6.48. The number of rotatable bonds is 5. The predicted molar refractivity (Wildman–Crippen MR) is 80.8 cm³/mol. The van der Waals surface area contributed by atoms with E-state index in [2.05, 4.69) is 6.92 Å². The highest BCUT2D eigenvalue weighted by Gasteiger charge is 2.29. The van der Waals surface area contributed by atoms with Crippen molar-refractivity contribution in [1.82, 2.24) is 9.80 Å². The summed E-state index contributed by atoms with van der Waals surface area (Å²) in [5.41, 5.74) is 0. The van der Waals surface area contributed by atoms with Crippen LogP contribution < -0.4 is 0 Å². The molecule has 2 rings (SSSR count). The van der Waals surface area contributed by atoms with E-state index in [0.29, 0.717) is 12.6 Å². The number of hydrogen-bond donors (Lipinski definition) is 0.